The van der Waals surface area contributed by atoms with Crippen molar-refractivity contribution in [1.29, 1.82) is 0 Å². The molecular formula is C33H31ClF3N7O3. The first-order chi connectivity index (χ1) is 22.5. The SMILES string of the molecule is Cc1c2cc(cc1C(=O)Nc1cc(Cl)cc(C(F)(F)F)c1)NOCCCCC(=O)N[C@H]1CCCN(C1)c1ccc3ncc(n3n1)C#C2. The molecule has 1 atom stereocenters. The molecule has 4 heterocycles. The van der Waals surface area contributed by atoms with Crippen LogP contribution in [0.4, 0.5) is 30.4 Å². The summed E-state index contributed by atoms with van der Waals surface area (Å²) in [7, 11) is 0. The Balaban J connectivity index is 1.36. The summed E-state index contributed by atoms with van der Waals surface area (Å²) in [6.45, 7) is 3.42. The van der Waals surface area contributed by atoms with Gasteiger partial charge in [-0.15, -0.1) is 5.10 Å². The highest BCUT2D eigenvalue weighted by atomic mass is 35.5. The molecule has 2 amide bonds. The molecule has 2 aromatic heterocycles. The van der Waals surface area contributed by atoms with Crippen molar-refractivity contribution in [1.82, 2.24) is 19.9 Å². The Labute approximate surface area is 273 Å². The number of hydrogen-bond acceptors (Lipinski definition) is 7. The number of imidazole rings is 1. The standard InChI is InChI=1S/C33H31ClF3N7O3/c1-20-21-7-8-27-18-38-29-9-10-30(41-44(27)29)43-11-4-5-24(19-43)39-31(45)6-2-3-12-47-42-26(13-21)17-28(20)32(46)40-25-15-22(33(35,36)37)14-23(34)16-25/h9-10,13-18,24,42H,2-6,11-12,19H2,1H3,(H,39,45)(H,40,46)/t24-/m0/s1. The molecule has 10 nitrogen and oxygen atoms in total. The number of carbonyl (C=O) groups excluding carboxylic acids is 2. The lowest BCUT2D eigenvalue weighted by Gasteiger charge is -2.33. The zero-order valence-corrected chi connectivity index (χ0v) is 26.1. The van der Waals surface area contributed by atoms with Gasteiger partial charge in [0.2, 0.25) is 5.91 Å². The van der Waals surface area contributed by atoms with Gasteiger partial charge in [-0.2, -0.15) is 13.2 Å². The van der Waals surface area contributed by atoms with Crippen molar-refractivity contribution >= 4 is 46.3 Å². The molecule has 14 heteroatoms. The summed E-state index contributed by atoms with van der Waals surface area (Å²) in [5, 5.41) is 10.3. The number of hydrogen-bond donors (Lipinski definition) is 3. The molecule has 0 saturated carbocycles. The molecule has 6 bridgehead atoms. The normalized spacial score (nSPS) is 17.3. The maximum absolute atomic E-state index is 13.5. The Morgan fingerprint density at radius 1 is 1.13 bits per heavy atom. The zero-order valence-electron chi connectivity index (χ0n) is 25.4. The predicted molar refractivity (Wildman–Crippen MR) is 171 cm³/mol. The lowest BCUT2D eigenvalue weighted by atomic mass is 10.0. The number of amides is 2. The monoisotopic (exact) mass is 665 g/mol. The minimum absolute atomic E-state index is 0.0179. The molecule has 6 rings (SSSR count). The van der Waals surface area contributed by atoms with Gasteiger partial charge in [0.25, 0.3) is 5.91 Å². The molecular weight excluding hydrogens is 635 g/mol. The summed E-state index contributed by atoms with van der Waals surface area (Å²) >= 11 is 5.93. The number of rotatable bonds is 2. The fourth-order valence-corrected chi connectivity index (χ4v) is 5.84. The average Bonchev–Trinajstić information content (AvgIpc) is 3.43. The van der Waals surface area contributed by atoms with E-state index in [2.05, 4.69) is 37.8 Å². The first-order valence-electron chi connectivity index (χ1n) is 15.2. The Kier molecular flexibility index (Phi) is 9.24. The molecule has 244 valence electrons. The van der Waals surface area contributed by atoms with Crippen molar-refractivity contribution in [2.24, 2.45) is 0 Å². The van der Waals surface area contributed by atoms with E-state index in [9.17, 15) is 22.8 Å². The van der Waals surface area contributed by atoms with Crippen LogP contribution in [-0.2, 0) is 15.8 Å². The van der Waals surface area contributed by atoms with Crippen molar-refractivity contribution in [2.45, 2.75) is 51.2 Å². The highest BCUT2D eigenvalue weighted by molar-refractivity contribution is 6.31. The molecule has 2 aliphatic heterocycles. The van der Waals surface area contributed by atoms with Crippen molar-refractivity contribution < 1.29 is 27.6 Å². The number of fused-ring (bicyclic) bond motifs is 6. The van der Waals surface area contributed by atoms with Crippen LogP contribution in [0.15, 0.2) is 48.7 Å². The number of halogens is 4. The van der Waals surface area contributed by atoms with Crippen LogP contribution in [0.25, 0.3) is 5.65 Å². The molecule has 47 heavy (non-hydrogen) atoms. The quantitative estimate of drug-likeness (QED) is 0.226. The minimum atomic E-state index is -4.64. The maximum Gasteiger partial charge on any atom is 0.416 e. The molecule has 3 N–H and O–H groups in total. The van der Waals surface area contributed by atoms with Crippen molar-refractivity contribution in [3.8, 4) is 11.8 Å². The van der Waals surface area contributed by atoms with E-state index in [0.29, 0.717) is 54.0 Å². The first kappa shape index (κ1) is 32.2. The van der Waals surface area contributed by atoms with E-state index in [1.807, 2.05) is 12.1 Å². The van der Waals surface area contributed by atoms with Gasteiger partial charge in [0.05, 0.1) is 24.1 Å². The topological polar surface area (TPSA) is 113 Å². The third-order valence-electron chi connectivity index (χ3n) is 8.01. The van der Waals surface area contributed by atoms with Crippen LogP contribution in [0.5, 0.6) is 0 Å². The van der Waals surface area contributed by atoms with E-state index < -0.39 is 17.6 Å². The average molecular weight is 666 g/mol. The minimum Gasteiger partial charge on any atom is -0.353 e. The van der Waals surface area contributed by atoms with Crippen LogP contribution in [0, 0.1) is 18.8 Å². The third-order valence-corrected chi connectivity index (χ3v) is 8.23. The number of piperidine rings is 1. The highest BCUT2D eigenvalue weighted by Crippen LogP contribution is 2.33. The Morgan fingerprint density at radius 3 is 2.81 bits per heavy atom. The van der Waals surface area contributed by atoms with Gasteiger partial charge in [0, 0.05) is 47.4 Å². The number of aromatic nitrogens is 3. The van der Waals surface area contributed by atoms with E-state index in [0.717, 1.165) is 37.3 Å². The Bertz CT molecular complexity index is 1900. The van der Waals surface area contributed by atoms with Gasteiger partial charge >= 0.3 is 6.18 Å². The van der Waals surface area contributed by atoms with Gasteiger partial charge in [-0.25, -0.2) is 9.50 Å². The van der Waals surface area contributed by atoms with E-state index in [1.54, 1.807) is 23.7 Å². The van der Waals surface area contributed by atoms with Gasteiger partial charge in [-0.05, 0) is 86.6 Å². The van der Waals surface area contributed by atoms with E-state index in [-0.39, 0.29) is 34.8 Å². The molecule has 4 aromatic rings. The Hall–Kier alpha value is -4.80. The number of nitrogens with zero attached hydrogens (tertiary/aromatic N) is 4. The predicted octanol–water partition coefficient (Wildman–Crippen LogP) is 5.97. The molecule has 1 fully saturated rings. The zero-order chi connectivity index (χ0) is 33.1. The van der Waals surface area contributed by atoms with Crippen LogP contribution >= 0.6 is 11.6 Å². The lowest BCUT2D eigenvalue weighted by molar-refractivity contribution is -0.137. The van der Waals surface area contributed by atoms with Gasteiger partial charge in [-0.3, -0.25) is 19.9 Å². The smallest absolute Gasteiger partial charge is 0.353 e. The molecule has 0 unspecified atom stereocenters. The summed E-state index contributed by atoms with van der Waals surface area (Å²) in [5.41, 5.74) is 4.38. The van der Waals surface area contributed by atoms with E-state index in [4.69, 9.17) is 21.5 Å². The third kappa shape index (κ3) is 7.61. The number of carbonyl (C=O) groups is 2. The summed E-state index contributed by atoms with van der Waals surface area (Å²) in [4.78, 5) is 38.3. The molecule has 0 spiro atoms. The molecule has 2 aliphatic rings. The van der Waals surface area contributed by atoms with Crippen molar-refractivity contribution in [3.63, 3.8) is 0 Å². The molecule has 1 saturated heterocycles. The van der Waals surface area contributed by atoms with Gasteiger partial charge in [0.1, 0.15) is 11.5 Å². The van der Waals surface area contributed by atoms with Crippen LogP contribution in [-0.4, -0.2) is 52.2 Å². The summed E-state index contributed by atoms with van der Waals surface area (Å²) in [6.07, 6.45) is 0.342. The second-order valence-electron chi connectivity index (χ2n) is 11.5. The second-order valence-corrected chi connectivity index (χ2v) is 11.9. The molecule has 0 aliphatic carbocycles. The van der Waals surface area contributed by atoms with Crippen LogP contribution in [0.3, 0.4) is 0 Å². The summed E-state index contributed by atoms with van der Waals surface area (Å²) in [5.74, 6) is 6.29. The number of alkyl halides is 3. The number of anilines is 3. The Morgan fingerprint density at radius 2 is 1.98 bits per heavy atom. The molecule has 2 aromatic carbocycles. The van der Waals surface area contributed by atoms with Crippen LogP contribution in [0.1, 0.15) is 64.8 Å². The fourth-order valence-electron chi connectivity index (χ4n) is 5.61. The lowest BCUT2D eigenvalue weighted by Crippen LogP contribution is -2.48. The second kappa shape index (κ2) is 13.5. The largest absolute Gasteiger partial charge is 0.416 e. The highest BCUT2D eigenvalue weighted by Gasteiger charge is 2.31. The number of benzene rings is 2. The first-order valence-corrected chi connectivity index (χ1v) is 15.5. The van der Waals surface area contributed by atoms with Gasteiger partial charge in [0.15, 0.2) is 5.65 Å². The van der Waals surface area contributed by atoms with Crippen molar-refractivity contribution in [2.75, 3.05) is 35.4 Å². The summed E-state index contributed by atoms with van der Waals surface area (Å²) in [6, 6.07) is 9.87. The van der Waals surface area contributed by atoms with Crippen molar-refractivity contribution in [3.05, 3.63) is 81.6 Å². The summed E-state index contributed by atoms with van der Waals surface area (Å²) < 4.78 is 41.8. The van der Waals surface area contributed by atoms with E-state index in [1.165, 1.54) is 12.1 Å². The van der Waals surface area contributed by atoms with Gasteiger partial charge in [-0.1, -0.05) is 17.5 Å². The number of nitrogens with one attached hydrogen (secondary N) is 3. The van der Waals surface area contributed by atoms with Crippen LogP contribution in [0.2, 0.25) is 5.02 Å². The fraction of sp³-hybridized carbons (Fsp3) is 0.333. The van der Waals surface area contributed by atoms with Gasteiger partial charge < -0.3 is 15.5 Å². The van der Waals surface area contributed by atoms with Crippen LogP contribution < -0.4 is 21.0 Å². The maximum atomic E-state index is 13.5. The van der Waals surface area contributed by atoms with E-state index >= 15 is 0 Å². The molecule has 0 radical (unpaired) electrons.